The first kappa shape index (κ1) is 24.1. The van der Waals surface area contributed by atoms with E-state index in [9.17, 15) is 13.2 Å². The highest BCUT2D eigenvalue weighted by Gasteiger charge is 2.31. The minimum absolute atomic E-state index is 0.0634. The van der Waals surface area contributed by atoms with Crippen LogP contribution in [0.25, 0.3) is 11.1 Å². The summed E-state index contributed by atoms with van der Waals surface area (Å²) in [4.78, 5) is 4.53. The molecule has 32 heavy (non-hydrogen) atoms. The predicted octanol–water partition coefficient (Wildman–Crippen LogP) is 8.19. The molecule has 3 aromatic rings. The van der Waals surface area contributed by atoms with Crippen LogP contribution in [-0.2, 0) is 12.6 Å². The van der Waals surface area contributed by atoms with Gasteiger partial charge in [0.05, 0.1) is 5.56 Å². The Kier molecular flexibility index (Phi) is 7.83. The zero-order valence-corrected chi connectivity index (χ0v) is 19.3. The van der Waals surface area contributed by atoms with Crippen LogP contribution in [0.1, 0.15) is 43.5 Å². The number of rotatable bonds is 8. The third kappa shape index (κ3) is 6.26. The first-order valence-electron chi connectivity index (χ1n) is 10.8. The second kappa shape index (κ2) is 10.4. The summed E-state index contributed by atoms with van der Waals surface area (Å²) in [7, 11) is 0. The van der Waals surface area contributed by atoms with Gasteiger partial charge in [0.1, 0.15) is 0 Å². The van der Waals surface area contributed by atoms with Crippen molar-refractivity contribution in [1.82, 2.24) is 4.98 Å². The van der Waals surface area contributed by atoms with Gasteiger partial charge in [0.2, 0.25) is 0 Å². The van der Waals surface area contributed by atoms with E-state index in [2.05, 4.69) is 55.3 Å². The Hall–Kier alpha value is -2.53. The van der Waals surface area contributed by atoms with Gasteiger partial charge in [-0.05, 0) is 56.0 Å². The maximum absolute atomic E-state index is 12.9. The summed E-state index contributed by atoms with van der Waals surface area (Å²) in [6, 6.07) is 15.9. The minimum atomic E-state index is -4.41. The molecule has 6 heteroatoms. The molecule has 1 aromatic heterocycles. The van der Waals surface area contributed by atoms with Crippen molar-refractivity contribution in [1.29, 1.82) is 0 Å². The predicted molar refractivity (Wildman–Crippen MR) is 126 cm³/mol. The van der Waals surface area contributed by atoms with Crippen molar-refractivity contribution < 1.29 is 13.2 Å². The fourth-order valence-corrected chi connectivity index (χ4v) is 3.90. The molecular weight excluding hydrogens is 433 g/mol. The first-order valence-corrected chi connectivity index (χ1v) is 11.2. The molecule has 2 unspecified atom stereocenters. The number of aryl methyl sites for hydroxylation is 2. The van der Waals surface area contributed by atoms with Gasteiger partial charge in [-0.15, -0.1) is 0 Å². The van der Waals surface area contributed by atoms with Crippen LogP contribution >= 0.6 is 11.6 Å². The van der Waals surface area contributed by atoms with E-state index in [0.717, 1.165) is 42.8 Å². The van der Waals surface area contributed by atoms with E-state index in [1.54, 1.807) is 6.20 Å². The normalized spacial score (nSPS) is 13.6. The second-order valence-corrected chi connectivity index (χ2v) is 8.68. The Morgan fingerprint density at radius 2 is 1.75 bits per heavy atom. The molecular formula is C26H28ClF3N2. The summed E-state index contributed by atoms with van der Waals surface area (Å²) in [5.41, 5.74) is 3.76. The summed E-state index contributed by atoms with van der Waals surface area (Å²) in [6.45, 7) is 6.51. The molecule has 3 rings (SSSR count). The van der Waals surface area contributed by atoms with E-state index in [4.69, 9.17) is 11.6 Å². The average Bonchev–Trinajstić information content (AvgIpc) is 2.77. The number of hydrogen-bond acceptors (Lipinski definition) is 2. The van der Waals surface area contributed by atoms with Crippen LogP contribution in [0.2, 0.25) is 5.02 Å². The van der Waals surface area contributed by atoms with Crippen molar-refractivity contribution in [2.24, 2.45) is 5.92 Å². The van der Waals surface area contributed by atoms with Gasteiger partial charge in [-0.25, -0.2) is 0 Å². The molecule has 0 amide bonds. The van der Waals surface area contributed by atoms with E-state index < -0.39 is 11.7 Å². The highest BCUT2D eigenvalue weighted by Crippen LogP contribution is 2.35. The van der Waals surface area contributed by atoms with Crippen molar-refractivity contribution in [3.05, 3.63) is 82.6 Å². The molecule has 2 nitrogen and oxygen atoms in total. The number of alkyl halides is 3. The number of anilines is 1. The van der Waals surface area contributed by atoms with E-state index in [0.29, 0.717) is 23.1 Å². The fourth-order valence-electron chi connectivity index (χ4n) is 3.61. The van der Waals surface area contributed by atoms with Crippen LogP contribution in [-0.4, -0.2) is 11.0 Å². The maximum Gasteiger partial charge on any atom is 0.416 e. The second-order valence-electron chi connectivity index (χ2n) is 8.27. The SMILES string of the molecule is CCC(C)C(CCc1ccc(-c2ccc(C(F)(F)F)cc2Cl)cn1)Nc1ccc(C)cc1. The zero-order valence-electron chi connectivity index (χ0n) is 18.5. The van der Waals surface area contributed by atoms with Crippen molar-refractivity contribution in [2.75, 3.05) is 5.32 Å². The topological polar surface area (TPSA) is 24.9 Å². The van der Waals surface area contributed by atoms with E-state index in [-0.39, 0.29) is 5.02 Å². The molecule has 1 N–H and O–H groups in total. The van der Waals surface area contributed by atoms with Gasteiger partial charge in [-0.2, -0.15) is 13.2 Å². The molecule has 0 radical (unpaired) electrons. The number of benzene rings is 2. The smallest absolute Gasteiger partial charge is 0.382 e. The van der Waals surface area contributed by atoms with Crippen molar-refractivity contribution in [2.45, 2.75) is 52.3 Å². The van der Waals surface area contributed by atoms with Gasteiger partial charge >= 0.3 is 6.18 Å². The molecule has 1 heterocycles. The fraction of sp³-hybridized carbons (Fsp3) is 0.346. The number of pyridine rings is 1. The molecule has 2 atom stereocenters. The maximum atomic E-state index is 12.9. The molecule has 0 fully saturated rings. The van der Waals surface area contributed by atoms with Gasteiger partial charge in [0.25, 0.3) is 0 Å². The quantitative estimate of drug-likeness (QED) is 0.366. The Morgan fingerprint density at radius 1 is 1.03 bits per heavy atom. The molecule has 0 aliphatic carbocycles. The molecule has 2 aromatic carbocycles. The minimum Gasteiger partial charge on any atom is -0.382 e. The largest absolute Gasteiger partial charge is 0.416 e. The first-order chi connectivity index (χ1) is 15.2. The molecule has 170 valence electrons. The van der Waals surface area contributed by atoms with Gasteiger partial charge in [-0.1, -0.05) is 61.7 Å². The molecule has 0 bridgehead atoms. The van der Waals surface area contributed by atoms with Crippen LogP contribution in [0, 0.1) is 12.8 Å². The van der Waals surface area contributed by atoms with E-state index in [1.807, 2.05) is 12.1 Å². The summed E-state index contributed by atoms with van der Waals surface area (Å²) >= 11 is 6.11. The third-order valence-electron chi connectivity index (χ3n) is 5.88. The molecule has 0 aliphatic rings. The van der Waals surface area contributed by atoms with Crippen LogP contribution in [0.4, 0.5) is 18.9 Å². The summed E-state index contributed by atoms with van der Waals surface area (Å²) in [5.74, 6) is 0.501. The van der Waals surface area contributed by atoms with E-state index >= 15 is 0 Å². The van der Waals surface area contributed by atoms with Crippen molar-refractivity contribution in [3.63, 3.8) is 0 Å². The Labute approximate surface area is 192 Å². The van der Waals surface area contributed by atoms with Crippen molar-refractivity contribution >= 4 is 17.3 Å². The summed E-state index contributed by atoms with van der Waals surface area (Å²) < 4.78 is 38.6. The molecule has 0 aliphatic heterocycles. The molecule has 0 spiro atoms. The number of nitrogens with one attached hydrogen (secondary N) is 1. The van der Waals surface area contributed by atoms with Gasteiger partial charge < -0.3 is 5.32 Å². The number of halogens is 4. The van der Waals surface area contributed by atoms with Gasteiger partial charge in [0, 0.05) is 39.8 Å². The van der Waals surface area contributed by atoms with Crippen LogP contribution in [0.5, 0.6) is 0 Å². The standard InChI is InChI=1S/C26H28ClF3N2/c1-4-18(3)25(32-22-9-5-17(2)6-10-22)14-12-21-11-7-19(16-31-21)23-13-8-20(15-24(23)27)26(28,29)30/h5-11,13,15-16,18,25,32H,4,12,14H2,1-3H3. The third-order valence-corrected chi connectivity index (χ3v) is 6.19. The number of hydrogen-bond donors (Lipinski definition) is 1. The lowest BCUT2D eigenvalue weighted by molar-refractivity contribution is -0.137. The zero-order chi connectivity index (χ0) is 23.3. The molecule has 0 saturated carbocycles. The van der Waals surface area contributed by atoms with Gasteiger partial charge in [0.15, 0.2) is 0 Å². The lowest BCUT2D eigenvalue weighted by atomic mass is 9.93. The Morgan fingerprint density at radius 3 is 2.31 bits per heavy atom. The number of aromatic nitrogens is 1. The summed E-state index contributed by atoms with van der Waals surface area (Å²) in [5, 5.41) is 3.72. The Bertz CT molecular complexity index is 1010. The lowest BCUT2D eigenvalue weighted by Gasteiger charge is -2.25. The van der Waals surface area contributed by atoms with Crippen LogP contribution in [0.15, 0.2) is 60.8 Å². The number of nitrogens with zero attached hydrogens (tertiary/aromatic N) is 1. The van der Waals surface area contributed by atoms with E-state index in [1.165, 1.54) is 11.6 Å². The van der Waals surface area contributed by atoms with Crippen LogP contribution < -0.4 is 5.32 Å². The molecule has 0 saturated heterocycles. The lowest BCUT2D eigenvalue weighted by Crippen LogP contribution is -2.27. The van der Waals surface area contributed by atoms with Crippen LogP contribution in [0.3, 0.4) is 0 Å². The highest BCUT2D eigenvalue weighted by atomic mass is 35.5. The Balaban J connectivity index is 1.68. The average molecular weight is 461 g/mol. The van der Waals surface area contributed by atoms with Crippen molar-refractivity contribution in [3.8, 4) is 11.1 Å². The summed E-state index contributed by atoms with van der Waals surface area (Å²) in [6.07, 6.45) is 0.0615. The highest BCUT2D eigenvalue weighted by molar-refractivity contribution is 6.33. The monoisotopic (exact) mass is 460 g/mol. The van der Waals surface area contributed by atoms with Gasteiger partial charge in [-0.3, -0.25) is 4.98 Å².